The minimum Gasteiger partial charge on any atom is -0.395 e. The predicted molar refractivity (Wildman–Crippen MR) is 205 cm³/mol. The molecule has 2 saturated carbocycles. The fourth-order valence-corrected chi connectivity index (χ4v) is 8.71. The number of benzene rings is 2. The zero-order valence-electron chi connectivity index (χ0n) is 30.8. The molecule has 2 heterocycles. The lowest BCUT2D eigenvalue weighted by Crippen LogP contribution is -2.34. The van der Waals surface area contributed by atoms with Crippen molar-refractivity contribution in [1.29, 1.82) is 0 Å². The number of fused-ring (bicyclic) bond motifs is 2. The van der Waals surface area contributed by atoms with Gasteiger partial charge >= 0.3 is 0 Å². The molecule has 6 rings (SSSR count). The molecule has 3 fully saturated rings. The first-order valence-electron chi connectivity index (χ1n) is 17.7. The van der Waals surface area contributed by atoms with Crippen molar-refractivity contribution in [2.24, 2.45) is 38.7 Å². The summed E-state index contributed by atoms with van der Waals surface area (Å²) in [4.78, 5) is 5.04. The lowest BCUT2D eigenvalue weighted by atomic mass is 9.69. The van der Waals surface area contributed by atoms with E-state index < -0.39 is 0 Å². The minimum absolute atomic E-state index is 0.190. The summed E-state index contributed by atoms with van der Waals surface area (Å²) in [6, 6.07) is 12.9. The van der Waals surface area contributed by atoms with Crippen molar-refractivity contribution in [2.75, 3.05) is 19.8 Å². The fourth-order valence-electron chi connectivity index (χ4n) is 7.67. The molecule has 2 aromatic rings. The zero-order valence-corrected chi connectivity index (χ0v) is 33.9. The van der Waals surface area contributed by atoms with Crippen molar-refractivity contribution < 1.29 is 9.57 Å². The maximum atomic E-state index is 6.65. The van der Waals surface area contributed by atoms with Gasteiger partial charge in [0.25, 0.3) is 0 Å². The van der Waals surface area contributed by atoms with E-state index in [1.165, 1.54) is 41.7 Å². The molecule has 3 nitrogen and oxygen atoms in total. The first kappa shape index (κ1) is 38.7. The summed E-state index contributed by atoms with van der Waals surface area (Å²) in [5.74, 6) is 1.24. The van der Waals surface area contributed by atoms with Crippen LogP contribution >= 0.6 is 39.1 Å². The molecule has 0 aromatic heterocycles. The van der Waals surface area contributed by atoms with Gasteiger partial charge < -0.3 is 9.57 Å². The molecular weight excluding hydrogens is 689 g/mol. The SMILES string of the molecule is CC(C)(C)CCc1ccc(Br)cc1Cl.CC(C)(C)CCc1ccc(C23CCC(C)(C)C2COC3)cc1Cl.CC1(C)CCC2=NOCC21. The summed E-state index contributed by atoms with van der Waals surface area (Å²) in [7, 11) is 0. The van der Waals surface area contributed by atoms with Crippen LogP contribution in [0.4, 0.5) is 0 Å². The second-order valence-electron chi connectivity index (χ2n) is 18.3. The Morgan fingerprint density at radius 1 is 0.787 bits per heavy atom. The van der Waals surface area contributed by atoms with Gasteiger partial charge in [0.05, 0.1) is 18.9 Å². The van der Waals surface area contributed by atoms with Gasteiger partial charge in [-0.1, -0.05) is 132 Å². The number of aryl methyl sites for hydroxylation is 2. The average molecular weight is 750 g/mol. The van der Waals surface area contributed by atoms with Crippen molar-refractivity contribution >= 4 is 44.8 Å². The van der Waals surface area contributed by atoms with Crippen molar-refractivity contribution in [2.45, 2.75) is 126 Å². The molecule has 47 heavy (non-hydrogen) atoms. The summed E-state index contributed by atoms with van der Waals surface area (Å²) in [6.45, 7) is 25.6. The summed E-state index contributed by atoms with van der Waals surface area (Å²) in [5, 5.41) is 5.82. The number of rotatable bonds is 5. The van der Waals surface area contributed by atoms with Gasteiger partial charge in [-0.15, -0.1) is 0 Å². The first-order valence-corrected chi connectivity index (χ1v) is 19.3. The van der Waals surface area contributed by atoms with Gasteiger partial charge in [-0.25, -0.2) is 0 Å². The van der Waals surface area contributed by atoms with E-state index in [-0.39, 0.29) is 5.41 Å². The maximum absolute atomic E-state index is 6.65. The third-order valence-electron chi connectivity index (χ3n) is 11.2. The number of halogens is 3. The number of nitrogens with zero attached hydrogens (tertiary/aromatic N) is 1. The van der Waals surface area contributed by atoms with E-state index in [4.69, 9.17) is 32.8 Å². The van der Waals surface area contributed by atoms with Crippen molar-refractivity contribution in [1.82, 2.24) is 0 Å². The minimum atomic E-state index is 0.190. The number of hydrogen-bond donors (Lipinski definition) is 0. The van der Waals surface area contributed by atoms with Crippen LogP contribution in [-0.2, 0) is 27.8 Å². The molecule has 6 heteroatoms. The molecule has 0 N–H and O–H groups in total. The molecule has 0 bridgehead atoms. The molecule has 3 unspecified atom stereocenters. The quantitative estimate of drug-likeness (QED) is 0.305. The van der Waals surface area contributed by atoms with E-state index in [9.17, 15) is 0 Å². The topological polar surface area (TPSA) is 30.8 Å². The number of ether oxygens (including phenoxy) is 1. The Kier molecular flexibility index (Phi) is 12.4. The van der Waals surface area contributed by atoms with E-state index in [1.54, 1.807) is 0 Å². The van der Waals surface area contributed by atoms with E-state index >= 15 is 0 Å². The third-order valence-corrected chi connectivity index (χ3v) is 12.4. The molecule has 0 amide bonds. The standard InChI is InChI=1S/C21H31ClO.C12H16BrCl.C8H13NO/c1-19(2,3)9-8-15-6-7-16(12-17(15)22)21-11-10-20(4,5)18(21)13-23-14-21;1-12(2,3)7-6-9-4-5-10(13)8-11(9)14;1-8(2)4-3-7-6(8)5-10-9-7/h6-7,12,18H,8-11,13-14H2,1-5H3;4-5,8H,6-7H2,1-3H3;6H,3-5H2,1-2H3. The van der Waals surface area contributed by atoms with Crippen LogP contribution in [0.2, 0.25) is 10.0 Å². The van der Waals surface area contributed by atoms with Crippen LogP contribution in [0, 0.1) is 33.5 Å². The van der Waals surface area contributed by atoms with Gasteiger partial charge in [0.15, 0.2) is 0 Å². The molecule has 2 aliphatic heterocycles. The van der Waals surface area contributed by atoms with E-state index in [0.29, 0.717) is 33.5 Å². The Morgan fingerprint density at radius 2 is 1.38 bits per heavy atom. The smallest absolute Gasteiger partial charge is 0.125 e. The highest BCUT2D eigenvalue weighted by Gasteiger charge is 2.56. The van der Waals surface area contributed by atoms with Gasteiger partial charge in [0.1, 0.15) is 6.61 Å². The monoisotopic (exact) mass is 747 g/mol. The van der Waals surface area contributed by atoms with Gasteiger partial charge in [0.2, 0.25) is 0 Å². The Hall–Kier alpha value is -1.07. The molecule has 4 aliphatic rings. The second-order valence-corrected chi connectivity index (χ2v) is 20.0. The highest BCUT2D eigenvalue weighted by atomic mass is 79.9. The van der Waals surface area contributed by atoms with Crippen LogP contribution in [0.25, 0.3) is 0 Å². The molecule has 262 valence electrons. The molecular formula is C41H60BrCl2NO2. The summed E-state index contributed by atoms with van der Waals surface area (Å²) >= 11 is 16.2. The van der Waals surface area contributed by atoms with Crippen molar-refractivity contribution in [3.05, 3.63) is 67.6 Å². The Morgan fingerprint density at radius 3 is 1.94 bits per heavy atom. The lowest BCUT2D eigenvalue weighted by Gasteiger charge is -2.33. The van der Waals surface area contributed by atoms with Crippen LogP contribution in [0.15, 0.2) is 46.0 Å². The highest BCUT2D eigenvalue weighted by Crippen LogP contribution is 2.58. The van der Waals surface area contributed by atoms with Gasteiger partial charge in [-0.05, 0) is 114 Å². The highest BCUT2D eigenvalue weighted by molar-refractivity contribution is 9.10. The third kappa shape index (κ3) is 10.0. The average Bonchev–Trinajstić information content (AvgIpc) is 3.72. The van der Waals surface area contributed by atoms with Crippen LogP contribution in [0.5, 0.6) is 0 Å². The van der Waals surface area contributed by atoms with Gasteiger partial charge in [-0.3, -0.25) is 0 Å². The second kappa shape index (κ2) is 15.0. The van der Waals surface area contributed by atoms with Crippen molar-refractivity contribution in [3.63, 3.8) is 0 Å². The van der Waals surface area contributed by atoms with Crippen molar-refractivity contribution in [3.8, 4) is 0 Å². The lowest BCUT2D eigenvalue weighted by molar-refractivity contribution is 0.116. The Bertz CT molecular complexity index is 1400. The Balaban J connectivity index is 0.000000176. The summed E-state index contributed by atoms with van der Waals surface area (Å²) < 4.78 is 6.97. The predicted octanol–water partition coefficient (Wildman–Crippen LogP) is 12.9. The number of hydrogen-bond acceptors (Lipinski definition) is 3. The summed E-state index contributed by atoms with van der Waals surface area (Å²) in [5.41, 5.74) is 6.94. The largest absolute Gasteiger partial charge is 0.395 e. The fraction of sp³-hybridized carbons (Fsp3) is 0.683. The Labute approximate surface area is 305 Å². The first-order chi connectivity index (χ1) is 21.7. The van der Waals surface area contributed by atoms with Gasteiger partial charge in [0, 0.05) is 25.9 Å². The van der Waals surface area contributed by atoms with E-state index in [2.05, 4.69) is 115 Å². The van der Waals surface area contributed by atoms with E-state index in [1.807, 2.05) is 12.1 Å². The van der Waals surface area contributed by atoms with Crippen LogP contribution in [0.1, 0.15) is 124 Å². The molecule has 1 saturated heterocycles. The van der Waals surface area contributed by atoms with Crippen LogP contribution in [-0.4, -0.2) is 25.5 Å². The van der Waals surface area contributed by atoms with Crippen LogP contribution < -0.4 is 0 Å². The number of oxime groups is 1. The molecule has 0 spiro atoms. The molecule has 2 aromatic carbocycles. The van der Waals surface area contributed by atoms with E-state index in [0.717, 1.165) is 66.4 Å². The van der Waals surface area contributed by atoms with Crippen LogP contribution in [0.3, 0.4) is 0 Å². The summed E-state index contributed by atoms with van der Waals surface area (Å²) in [6.07, 6.45) is 9.37. The molecule has 2 aliphatic carbocycles. The molecule has 3 atom stereocenters. The molecule has 0 radical (unpaired) electrons. The normalized spacial score (nSPS) is 25.5. The van der Waals surface area contributed by atoms with Gasteiger partial charge in [-0.2, -0.15) is 0 Å². The maximum Gasteiger partial charge on any atom is 0.125 e. The zero-order chi connectivity index (χ0) is 34.8.